The summed E-state index contributed by atoms with van der Waals surface area (Å²) >= 11 is 4.13. The van der Waals surface area contributed by atoms with Crippen molar-refractivity contribution in [2.75, 3.05) is 5.75 Å². The minimum atomic E-state index is -0.879. The predicted octanol–water partition coefficient (Wildman–Crippen LogP) is 1.05. The van der Waals surface area contributed by atoms with Crippen LogP contribution in [-0.2, 0) is 9.59 Å². The van der Waals surface area contributed by atoms with Gasteiger partial charge in [-0.25, -0.2) is 0 Å². The highest BCUT2D eigenvalue weighted by Crippen LogP contribution is 2.26. The Labute approximate surface area is 99.8 Å². The van der Waals surface area contributed by atoms with Gasteiger partial charge in [0.1, 0.15) is 0 Å². The van der Waals surface area contributed by atoms with Crippen LogP contribution in [0.5, 0.6) is 0 Å². The molecule has 0 fully saturated rings. The minimum absolute atomic E-state index is 0.00902. The molecule has 90 valence electrons. The highest BCUT2D eigenvalue weighted by molar-refractivity contribution is 7.80. The maximum atomic E-state index is 11.6. The fourth-order valence-corrected chi connectivity index (χ4v) is 2.19. The van der Waals surface area contributed by atoms with E-state index in [4.69, 9.17) is 5.11 Å². The lowest BCUT2D eigenvalue weighted by Gasteiger charge is -2.22. The molecule has 2 N–H and O–H groups in total. The van der Waals surface area contributed by atoms with E-state index < -0.39 is 12.1 Å². The number of Topliss-reactive ketones (excluding diaryl/α,β-unsaturated/α-hetero) is 1. The smallest absolute Gasteiger partial charge is 0.303 e. The predicted molar refractivity (Wildman–Crippen MR) is 62.5 cm³/mol. The van der Waals surface area contributed by atoms with Crippen LogP contribution in [0, 0.1) is 5.92 Å². The van der Waals surface area contributed by atoms with Gasteiger partial charge < -0.3 is 10.2 Å². The van der Waals surface area contributed by atoms with Gasteiger partial charge in [-0.1, -0.05) is 0 Å². The summed E-state index contributed by atoms with van der Waals surface area (Å²) in [7, 11) is 0. The number of carboxylic acid groups (broad SMARTS) is 1. The fourth-order valence-electron chi connectivity index (χ4n) is 1.81. The molecule has 4 nitrogen and oxygen atoms in total. The van der Waals surface area contributed by atoms with Crippen LogP contribution < -0.4 is 0 Å². The van der Waals surface area contributed by atoms with Gasteiger partial charge in [0.15, 0.2) is 5.78 Å². The Morgan fingerprint density at radius 1 is 1.62 bits per heavy atom. The van der Waals surface area contributed by atoms with Crippen molar-refractivity contribution in [3.63, 3.8) is 0 Å². The zero-order chi connectivity index (χ0) is 12.1. The molecule has 2 atom stereocenters. The van der Waals surface area contributed by atoms with Crippen molar-refractivity contribution in [3.8, 4) is 0 Å². The van der Waals surface area contributed by atoms with Crippen LogP contribution in [0.1, 0.15) is 25.7 Å². The van der Waals surface area contributed by atoms with Crippen LogP contribution in [0.4, 0.5) is 0 Å². The Bertz CT molecular complexity index is 311. The SMILES string of the molecule is O=C(O)CCC(CS)C1=CC(O)CCC1=O. The van der Waals surface area contributed by atoms with Crippen LogP contribution in [0.25, 0.3) is 0 Å². The molecular weight excluding hydrogens is 228 g/mol. The van der Waals surface area contributed by atoms with Crippen molar-refractivity contribution in [2.24, 2.45) is 5.92 Å². The van der Waals surface area contributed by atoms with Gasteiger partial charge in [0.05, 0.1) is 6.10 Å². The quantitative estimate of drug-likeness (QED) is 0.632. The number of carbonyl (C=O) groups is 2. The number of aliphatic hydroxyl groups is 1. The topological polar surface area (TPSA) is 74.6 Å². The first-order valence-electron chi connectivity index (χ1n) is 5.30. The summed E-state index contributed by atoms with van der Waals surface area (Å²) in [5, 5.41) is 18.0. The number of thiol groups is 1. The van der Waals surface area contributed by atoms with Gasteiger partial charge in [0, 0.05) is 12.8 Å². The summed E-state index contributed by atoms with van der Waals surface area (Å²) in [5.41, 5.74) is 0.551. The molecule has 5 heteroatoms. The summed E-state index contributed by atoms with van der Waals surface area (Å²) in [6.07, 6.45) is 2.18. The van der Waals surface area contributed by atoms with E-state index in [1.54, 1.807) is 6.08 Å². The number of hydrogen-bond donors (Lipinski definition) is 3. The third-order valence-electron chi connectivity index (χ3n) is 2.73. The summed E-state index contributed by atoms with van der Waals surface area (Å²) in [4.78, 5) is 22.1. The molecule has 0 heterocycles. The number of aliphatic hydroxyl groups excluding tert-OH is 1. The molecule has 0 aromatic rings. The molecule has 2 unspecified atom stereocenters. The second-order valence-electron chi connectivity index (χ2n) is 3.96. The van der Waals surface area contributed by atoms with Gasteiger partial charge in [0.2, 0.25) is 0 Å². The Balaban J connectivity index is 2.70. The Kier molecular flexibility index (Phi) is 5.02. The molecule has 0 aromatic carbocycles. The van der Waals surface area contributed by atoms with Gasteiger partial charge in [-0.05, 0) is 36.2 Å². The van der Waals surface area contributed by atoms with E-state index in [1.165, 1.54) is 0 Å². The van der Waals surface area contributed by atoms with Crippen molar-refractivity contribution in [1.82, 2.24) is 0 Å². The molecular formula is C11H16O4S. The largest absolute Gasteiger partial charge is 0.481 e. The zero-order valence-electron chi connectivity index (χ0n) is 8.93. The van der Waals surface area contributed by atoms with Crippen molar-refractivity contribution < 1.29 is 19.8 Å². The van der Waals surface area contributed by atoms with Crippen molar-refractivity contribution in [3.05, 3.63) is 11.6 Å². The van der Waals surface area contributed by atoms with E-state index in [2.05, 4.69) is 12.6 Å². The Morgan fingerprint density at radius 3 is 2.88 bits per heavy atom. The lowest BCUT2D eigenvalue weighted by atomic mass is 9.85. The molecule has 0 saturated heterocycles. The van der Waals surface area contributed by atoms with Crippen LogP contribution in [0.3, 0.4) is 0 Å². The van der Waals surface area contributed by atoms with E-state index in [9.17, 15) is 14.7 Å². The van der Waals surface area contributed by atoms with Gasteiger partial charge in [-0.3, -0.25) is 9.59 Å². The van der Waals surface area contributed by atoms with Crippen LogP contribution >= 0.6 is 12.6 Å². The van der Waals surface area contributed by atoms with Gasteiger partial charge in [-0.15, -0.1) is 0 Å². The van der Waals surface area contributed by atoms with Gasteiger partial charge in [0.25, 0.3) is 0 Å². The van der Waals surface area contributed by atoms with Gasteiger partial charge >= 0.3 is 5.97 Å². The van der Waals surface area contributed by atoms with E-state index in [0.29, 0.717) is 30.6 Å². The molecule has 0 bridgehead atoms. The molecule has 0 saturated carbocycles. The van der Waals surface area contributed by atoms with Crippen molar-refractivity contribution in [1.29, 1.82) is 0 Å². The average Bonchev–Trinajstić information content (AvgIpc) is 2.23. The molecule has 0 aliphatic heterocycles. The molecule has 16 heavy (non-hydrogen) atoms. The van der Waals surface area contributed by atoms with Crippen LogP contribution in [0.2, 0.25) is 0 Å². The number of aliphatic carboxylic acids is 1. The van der Waals surface area contributed by atoms with E-state index >= 15 is 0 Å². The zero-order valence-corrected chi connectivity index (χ0v) is 9.82. The van der Waals surface area contributed by atoms with Gasteiger partial charge in [-0.2, -0.15) is 12.6 Å². The van der Waals surface area contributed by atoms with E-state index in [-0.39, 0.29) is 18.1 Å². The number of hydrogen-bond acceptors (Lipinski definition) is 4. The highest BCUT2D eigenvalue weighted by atomic mass is 32.1. The Hall–Kier alpha value is -0.810. The fraction of sp³-hybridized carbons (Fsp3) is 0.636. The summed E-state index contributed by atoms with van der Waals surface area (Å²) in [5.74, 6) is -0.606. The minimum Gasteiger partial charge on any atom is -0.481 e. The number of carboxylic acids is 1. The third-order valence-corrected chi connectivity index (χ3v) is 3.17. The first-order valence-corrected chi connectivity index (χ1v) is 5.93. The van der Waals surface area contributed by atoms with E-state index in [1.807, 2.05) is 0 Å². The summed E-state index contributed by atoms with van der Waals surface area (Å²) in [6.45, 7) is 0. The number of rotatable bonds is 5. The molecule has 0 radical (unpaired) electrons. The Morgan fingerprint density at radius 2 is 2.31 bits per heavy atom. The van der Waals surface area contributed by atoms with Crippen molar-refractivity contribution in [2.45, 2.75) is 31.8 Å². The maximum absolute atomic E-state index is 11.6. The first kappa shape index (κ1) is 13.3. The average molecular weight is 244 g/mol. The second kappa shape index (κ2) is 6.06. The summed E-state index contributed by atoms with van der Waals surface area (Å²) < 4.78 is 0. The molecule has 1 aliphatic carbocycles. The molecule has 1 aliphatic rings. The molecule has 1 rings (SSSR count). The highest BCUT2D eigenvalue weighted by Gasteiger charge is 2.25. The van der Waals surface area contributed by atoms with Crippen LogP contribution in [-0.4, -0.2) is 33.8 Å². The van der Waals surface area contributed by atoms with Crippen LogP contribution in [0.15, 0.2) is 11.6 Å². The van der Waals surface area contributed by atoms with Crippen molar-refractivity contribution >= 4 is 24.4 Å². The maximum Gasteiger partial charge on any atom is 0.303 e. The molecule has 0 aromatic heterocycles. The number of allylic oxidation sites excluding steroid dienone is 1. The summed E-state index contributed by atoms with van der Waals surface area (Å²) in [6, 6.07) is 0. The standard InChI is InChI=1S/C11H16O4S/c12-8-2-3-10(13)9(5-8)7(6-16)1-4-11(14)15/h5,7-8,12,16H,1-4,6H2,(H,14,15). The number of carbonyl (C=O) groups excluding carboxylic acids is 1. The van der Waals surface area contributed by atoms with E-state index in [0.717, 1.165) is 0 Å². The normalized spacial score (nSPS) is 22.8. The lowest BCUT2D eigenvalue weighted by Crippen LogP contribution is -2.23. The molecule has 0 amide bonds. The second-order valence-corrected chi connectivity index (χ2v) is 4.33. The number of ketones is 1. The lowest BCUT2D eigenvalue weighted by molar-refractivity contribution is -0.137. The monoisotopic (exact) mass is 244 g/mol. The third kappa shape index (κ3) is 3.64. The first-order chi connectivity index (χ1) is 7.54. The molecule has 0 spiro atoms.